The van der Waals surface area contributed by atoms with E-state index in [4.69, 9.17) is 29.0 Å². The highest BCUT2D eigenvalue weighted by Gasteiger charge is 2.11. The second-order valence-corrected chi connectivity index (χ2v) is 3.76. The third-order valence-electron chi connectivity index (χ3n) is 1.96. The fourth-order valence-electron chi connectivity index (χ4n) is 1.22. The van der Waals surface area contributed by atoms with Gasteiger partial charge in [0.05, 0.1) is 11.9 Å². The minimum absolute atomic E-state index is 0.103. The summed E-state index contributed by atoms with van der Waals surface area (Å²) >= 11 is 11.6. The lowest BCUT2D eigenvalue weighted by atomic mass is 10.3. The van der Waals surface area contributed by atoms with Gasteiger partial charge in [-0.2, -0.15) is 4.98 Å². The topological polar surface area (TPSA) is 55.0 Å². The Hall–Kier alpha value is -1.36. The molecule has 6 heteroatoms. The van der Waals surface area contributed by atoms with Crippen LogP contribution in [0.3, 0.4) is 0 Å². The van der Waals surface area contributed by atoms with Crippen LogP contribution in [0.25, 0.3) is 0 Å². The second kappa shape index (κ2) is 4.65. The Morgan fingerprint density at radius 2 is 1.81 bits per heavy atom. The van der Waals surface area contributed by atoms with E-state index in [9.17, 15) is 0 Å². The molecule has 0 atom stereocenters. The van der Waals surface area contributed by atoms with E-state index in [0.717, 1.165) is 5.69 Å². The normalized spacial score (nSPS) is 10.2. The molecule has 1 aromatic heterocycles. The first-order chi connectivity index (χ1) is 7.68. The van der Waals surface area contributed by atoms with Gasteiger partial charge in [-0.15, -0.1) is 0 Å². The quantitative estimate of drug-likeness (QED) is 0.509. The first-order valence-corrected chi connectivity index (χ1v) is 5.22. The third-order valence-corrected chi connectivity index (χ3v) is 2.41. The van der Waals surface area contributed by atoms with Gasteiger partial charge in [0.2, 0.25) is 5.28 Å². The average Bonchev–Trinajstić information content (AvgIpc) is 2.32. The van der Waals surface area contributed by atoms with Gasteiger partial charge >= 0.3 is 0 Å². The van der Waals surface area contributed by atoms with Crippen LogP contribution in [0, 0.1) is 0 Å². The van der Waals surface area contributed by atoms with Gasteiger partial charge in [-0.3, -0.25) is 5.01 Å². The molecular weight excluding hydrogens is 247 g/mol. The minimum atomic E-state index is 0.103. The highest BCUT2D eigenvalue weighted by molar-refractivity contribution is 6.33. The summed E-state index contributed by atoms with van der Waals surface area (Å²) in [7, 11) is 0. The second-order valence-electron chi connectivity index (χ2n) is 3.02. The smallest absolute Gasteiger partial charge is 0.224 e. The lowest BCUT2D eigenvalue weighted by Gasteiger charge is -2.18. The van der Waals surface area contributed by atoms with Crippen molar-refractivity contribution in [1.29, 1.82) is 0 Å². The minimum Gasteiger partial charge on any atom is -0.261 e. The SMILES string of the molecule is NN(c1ccccc1)c1nc(Cl)ncc1Cl. The number of benzene rings is 1. The zero-order valence-electron chi connectivity index (χ0n) is 8.14. The first-order valence-electron chi connectivity index (χ1n) is 4.46. The van der Waals surface area contributed by atoms with Crippen LogP contribution < -0.4 is 10.9 Å². The molecule has 2 aromatic rings. The molecule has 16 heavy (non-hydrogen) atoms. The van der Waals surface area contributed by atoms with Crippen molar-refractivity contribution >= 4 is 34.7 Å². The highest BCUT2D eigenvalue weighted by Crippen LogP contribution is 2.27. The molecule has 82 valence electrons. The monoisotopic (exact) mass is 254 g/mol. The van der Waals surface area contributed by atoms with Gasteiger partial charge in [0.25, 0.3) is 0 Å². The number of nitrogens with zero attached hydrogens (tertiary/aromatic N) is 3. The van der Waals surface area contributed by atoms with Crippen LogP contribution in [-0.4, -0.2) is 9.97 Å². The van der Waals surface area contributed by atoms with Crippen molar-refractivity contribution in [2.24, 2.45) is 5.84 Å². The zero-order valence-corrected chi connectivity index (χ0v) is 9.65. The molecule has 1 heterocycles. The first kappa shape index (κ1) is 11.1. The summed E-state index contributed by atoms with van der Waals surface area (Å²) in [5.74, 6) is 6.25. The summed E-state index contributed by atoms with van der Waals surface area (Å²) in [6.07, 6.45) is 1.41. The van der Waals surface area contributed by atoms with E-state index in [1.54, 1.807) is 0 Å². The van der Waals surface area contributed by atoms with Crippen LogP contribution in [0.1, 0.15) is 0 Å². The molecule has 0 bridgehead atoms. The molecule has 2 rings (SSSR count). The molecule has 0 aliphatic carbocycles. The van der Waals surface area contributed by atoms with E-state index < -0.39 is 0 Å². The van der Waals surface area contributed by atoms with Gasteiger partial charge < -0.3 is 0 Å². The van der Waals surface area contributed by atoms with E-state index >= 15 is 0 Å². The van der Waals surface area contributed by atoms with Gasteiger partial charge in [0.1, 0.15) is 5.02 Å². The Labute approximate surface area is 103 Å². The maximum absolute atomic E-state index is 5.94. The number of hydrogen-bond acceptors (Lipinski definition) is 4. The molecule has 0 saturated carbocycles. The molecule has 0 radical (unpaired) electrons. The predicted octanol–water partition coefficient (Wildman–Crippen LogP) is 2.80. The molecule has 0 aliphatic heterocycles. The Bertz CT molecular complexity index is 489. The van der Waals surface area contributed by atoms with Gasteiger partial charge in [0, 0.05) is 0 Å². The van der Waals surface area contributed by atoms with Crippen molar-refractivity contribution in [3.63, 3.8) is 0 Å². The van der Waals surface area contributed by atoms with Crippen molar-refractivity contribution in [3.8, 4) is 0 Å². The van der Waals surface area contributed by atoms with Crippen molar-refractivity contribution < 1.29 is 0 Å². The molecule has 1 aromatic carbocycles. The van der Waals surface area contributed by atoms with Gasteiger partial charge in [-0.25, -0.2) is 10.8 Å². The Morgan fingerprint density at radius 3 is 2.50 bits per heavy atom. The van der Waals surface area contributed by atoms with E-state index in [1.807, 2.05) is 30.3 Å². The van der Waals surface area contributed by atoms with Crippen molar-refractivity contribution in [1.82, 2.24) is 9.97 Å². The summed E-state index contributed by atoms with van der Waals surface area (Å²) in [6, 6.07) is 9.31. The van der Waals surface area contributed by atoms with Crippen LogP contribution in [0.5, 0.6) is 0 Å². The molecular formula is C10H8Cl2N4. The fourth-order valence-corrected chi connectivity index (χ4v) is 1.53. The molecule has 0 saturated heterocycles. The van der Waals surface area contributed by atoms with Crippen molar-refractivity contribution in [3.05, 3.63) is 46.8 Å². The van der Waals surface area contributed by atoms with Crippen LogP contribution in [0.2, 0.25) is 10.3 Å². The molecule has 2 N–H and O–H groups in total. The number of hydrazine groups is 1. The summed E-state index contributed by atoms with van der Waals surface area (Å²) in [5, 5.41) is 1.80. The molecule has 0 amide bonds. The van der Waals surface area contributed by atoms with Crippen molar-refractivity contribution in [2.75, 3.05) is 5.01 Å². The molecule has 0 aliphatic rings. The molecule has 0 unspecified atom stereocenters. The lowest BCUT2D eigenvalue weighted by Crippen LogP contribution is -2.26. The van der Waals surface area contributed by atoms with Crippen LogP contribution in [0.15, 0.2) is 36.5 Å². The average molecular weight is 255 g/mol. The summed E-state index contributed by atoms with van der Waals surface area (Å²) < 4.78 is 0. The highest BCUT2D eigenvalue weighted by atomic mass is 35.5. The molecule has 4 nitrogen and oxygen atoms in total. The van der Waals surface area contributed by atoms with E-state index in [1.165, 1.54) is 11.2 Å². The number of nitrogens with two attached hydrogens (primary N) is 1. The Morgan fingerprint density at radius 1 is 1.12 bits per heavy atom. The molecule has 0 fully saturated rings. The number of aromatic nitrogens is 2. The van der Waals surface area contributed by atoms with Crippen LogP contribution >= 0.6 is 23.2 Å². The van der Waals surface area contributed by atoms with E-state index in [-0.39, 0.29) is 5.28 Å². The number of anilines is 2. The van der Waals surface area contributed by atoms with E-state index in [2.05, 4.69) is 9.97 Å². The van der Waals surface area contributed by atoms with Gasteiger partial charge in [0.15, 0.2) is 5.82 Å². The maximum Gasteiger partial charge on any atom is 0.224 e. The summed E-state index contributed by atoms with van der Waals surface area (Å²) in [4.78, 5) is 7.73. The standard InChI is InChI=1S/C10H8Cl2N4/c11-8-6-14-10(12)15-9(8)16(13)7-4-2-1-3-5-7/h1-6H,13H2. The largest absolute Gasteiger partial charge is 0.261 e. The number of hydrogen-bond donors (Lipinski definition) is 1. The summed E-state index contributed by atoms with van der Waals surface area (Å²) in [5.41, 5.74) is 0.763. The Balaban J connectivity index is 2.41. The number of halogens is 2. The zero-order chi connectivity index (χ0) is 11.5. The predicted molar refractivity (Wildman–Crippen MR) is 64.8 cm³/mol. The maximum atomic E-state index is 5.94. The van der Waals surface area contributed by atoms with Crippen LogP contribution in [-0.2, 0) is 0 Å². The van der Waals surface area contributed by atoms with Gasteiger partial charge in [-0.1, -0.05) is 29.8 Å². The number of rotatable bonds is 2. The number of para-hydroxylation sites is 1. The lowest BCUT2D eigenvalue weighted by molar-refractivity contribution is 1.01. The fraction of sp³-hybridized carbons (Fsp3) is 0. The third kappa shape index (κ3) is 2.24. The Kier molecular flexibility index (Phi) is 3.24. The van der Waals surface area contributed by atoms with Crippen LogP contribution in [0.4, 0.5) is 11.5 Å². The van der Waals surface area contributed by atoms with Gasteiger partial charge in [-0.05, 0) is 23.7 Å². The molecule has 0 spiro atoms. The van der Waals surface area contributed by atoms with E-state index in [0.29, 0.717) is 10.8 Å². The van der Waals surface area contributed by atoms with Crippen molar-refractivity contribution in [2.45, 2.75) is 0 Å². The summed E-state index contributed by atoms with van der Waals surface area (Å²) in [6.45, 7) is 0.